The molecule has 0 saturated carbocycles. The highest BCUT2D eigenvalue weighted by molar-refractivity contribution is 6.47. The van der Waals surface area contributed by atoms with Crippen molar-refractivity contribution in [3.8, 4) is 0 Å². The number of nitrogens with zero attached hydrogens (tertiary/aromatic N) is 2. The zero-order chi connectivity index (χ0) is 23.4. The van der Waals surface area contributed by atoms with E-state index < -0.39 is 0 Å². The maximum atomic E-state index is 13.6. The van der Waals surface area contributed by atoms with E-state index in [1.165, 1.54) is 5.56 Å². The van der Waals surface area contributed by atoms with Gasteiger partial charge in [-0.3, -0.25) is 9.79 Å². The van der Waals surface area contributed by atoms with Crippen LogP contribution >= 0.6 is 0 Å². The second kappa shape index (κ2) is 7.87. The quantitative estimate of drug-likeness (QED) is 0.435. The lowest BCUT2D eigenvalue weighted by atomic mass is 9.78. The van der Waals surface area contributed by atoms with Gasteiger partial charge in [0.25, 0.3) is 0 Å². The molecule has 0 radical (unpaired) electrons. The van der Waals surface area contributed by atoms with Gasteiger partial charge >= 0.3 is 0 Å². The van der Waals surface area contributed by atoms with Crippen molar-refractivity contribution in [2.45, 2.75) is 60.4 Å². The molecule has 0 bridgehead atoms. The van der Waals surface area contributed by atoms with E-state index in [2.05, 4.69) is 48.5 Å². The Balaban J connectivity index is 1.74. The van der Waals surface area contributed by atoms with Gasteiger partial charge in [-0.2, -0.15) is 0 Å². The summed E-state index contributed by atoms with van der Waals surface area (Å²) in [4.78, 5) is 18.3. The number of unbranched alkanes of at least 4 members (excludes halogenated alkanes) is 1. The molecular formula is C29H30N2O2. The maximum absolute atomic E-state index is 13.6. The second-order valence-electron chi connectivity index (χ2n) is 9.19. The fraction of sp³-hybridized carbons (Fsp3) is 0.310. The smallest absolute Gasteiger partial charge is 0.201 e. The molecule has 0 saturated heterocycles. The van der Waals surface area contributed by atoms with Crippen LogP contribution in [-0.4, -0.2) is 21.2 Å². The predicted molar refractivity (Wildman–Crippen MR) is 136 cm³/mol. The number of aryl methyl sites for hydroxylation is 3. The van der Waals surface area contributed by atoms with E-state index in [1.54, 1.807) is 0 Å². The Kier molecular flexibility index (Phi) is 5.12. The predicted octanol–water partition coefficient (Wildman–Crippen LogP) is 7.03. The topological polar surface area (TPSA) is 54.6 Å². The van der Waals surface area contributed by atoms with Crippen LogP contribution in [0.3, 0.4) is 0 Å². The Bertz CT molecular complexity index is 1430. The Labute approximate surface area is 195 Å². The number of allylic oxidation sites excluding steroid dienone is 3. The summed E-state index contributed by atoms with van der Waals surface area (Å²) >= 11 is 0. The van der Waals surface area contributed by atoms with Gasteiger partial charge in [-0.05, 0) is 63.4 Å². The van der Waals surface area contributed by atoms with Crippen molar-refractivity contribution >= 4 is 39.2 Å². The van der Waals surface area contributed by atoms with E-state index in [0.717, 1.165) is 76.1 Å². The van der Waals surface area contributed by atoms with Crippen molar-refractivity contribution in [3.63, 3.8) is 0 Å². The number of benzene rings is 2. The Morgan fingerprint density at radius 2 is 1.76 bits per heavy atom. The molecule has 2 aliphatic rings. The third-order valence-electron chi connectivity index (χ3n) is 7.03. The highest BCUT2D eigenvalue weighted by atomic mass is 16.3. The standard InChI is InChI=1S/C29H30N2O2/c1-6-8-13-31-18(5)25(21-15-19(7-2)10-12-23(21)31)27-28(32)26(29(27)33)24-17(4)30-22-11-9-16(3)14-20(22)24/h9-12,14-15,32H,6-8,13H2,1-5H3/b26-24+. The third kappa shape index (κ3) is 3.12. The lowest BCUT2D eigenvalue weighted by Crippen LogP contribution is -2.24. The Morgan fingerprint density at radius 1 is 0.970 bits per heavy atom. The third-order valence-corrected chi connectivity index (χ3v) is 7.03. The number of hydrogen-bond donors (Lipinski definition) is 1. The van der Waals surface area contributed by atoms with Crippen LogP contribution in [-0.2, 0) is 17.8 Å². The lowest BCUT2D eigenvalue weighted by Gasteiger charge is -2.24. The number of fused-ring (bicyclic) bond motifs is 2. The largest absolute Gasteiger partial charge is 0.506 e. The number of rotatable bonds is 5. The number of aliphatic hydroxyl groups is 1. The average molecular weight is 439 g/mol. The molecular weight excluding hydrogens is 408 g/mol. The van der Waals surface area contributed by atoms with Crippen molar-refractivity contribution < 1.29 is 9.90 Å². The highest BCUT2D eigenvalue weighted by Crippen LogP contribution is 2.47. The first-order valence-electron chi connectivity index (χ1n) is 11.9. The van der Waals surface area contributed by atoms with E-state index in [0.29, 0.717) is 11.1 Å². The molecule has 1 aliphatic carbocycles. The van der Waals surface area contributed by atoms with Crippen LogP contribution in [0.25, 0.3) is 22.0 Å². The van der Waals surface area contributed by atoms with E-state index in [1.807, 2.05) is 32.0 Å². The molecule has 4 nitrogen and oxygen atoms in total. The van der Waals surface area contributed by atoms with E-state index in [9.17, 15) is 9.90 Å². The van der Waals surface area contributed by atoms with Crippen molar-refractivity contribution in [2.24, 2.45) is 4.99 Å². The summed E-state index contributed by atoms with van der Waals surface area (Å²) in [7, 11) is 0. The molecule has 1 aromatic heterocycles. The number of hydrogen-bond acceptors (Lipinski definition) is 3. The van der Waals surface area contributed by atoms with Crippen LogP contribution in [0.5, 0.6) is 0 Å². The van der Waals surface area contributed by atoms with Crippen LogP contribution in [0.4, 0.5) is 5.69 Å². The molecule has 3 aromatic rings. The van der Waals surface area contributed by atoms with Gasteiger partial charge < -0.3 is 9.67 Å². The van der Waals surface area contributed by atoms with Crippen LogP contribution < -0.4 is 0 Å². The summed E-state index contributed by atoms with van der Waals surface area (Å²) in [5.74, 6) is 0.00407. The minimum absolute atomic E-state index is 0.0917. The molecule has 1 aliphatic heterocycles. The Hall–Kier alpha value is -3.40. The molecule has 1 N–H and O–H groups in total. The van der Waals surface area contributed by atoms with Gasteiger partial charge in [0.1, 0.15) is 5.76 Å². The maximum Gasteiger partial charge on any atom is 0.201 e. The molecule has 0 atom stereocenters. The number of carbonyl (C=O) groups is 1. The summed E-state index contributed by atoms with van der Waals surface area (Å²) in [6.07, 6.45) is 3.09. The monoisotopic (exact) mass is 438 g/mol. The minimum Gasteiger partial charge on any atom is -0.506 e. The van der Waals surface area contributed by atoms with Gasteiger partial charge in [-0.25, -0.2) is 0 Å². The molecule has 4 heteroatoms. The van der Waals surface area contributed by atoms with Crippen molar-refractivity contribution in [1.82, 2.24) is 4.57 Å². The van der Waals surface area contributed by atoms with Crippen molar-refractivity contribution in [2.75, 3.05) is 0 Å². The van der Waals surface area contributed by atoms with Crippen LogP contribution in [0.1, 0.15) is 61.6 Å². The van der Waals surface area contributed by atoms with Crippen LogP contribution in [0.15, 0.2) is 52.7 Å². The summed E-state index contributed by atoms with van der Waals surface area (Å²) in [6, 6.07) is 12.5. The number of aliphatic hydroxyl groups excluding tert-OH is 1. The summed E-state index contributed by atoms with van der Waals surface area (Å²) in [5, 5.41) is 12.3. The van der Waals surface area contributed by atoms with Gasteiger partial charge in [0.15, 0.2) is 0 Å². The molecule has 2 aromatic carbocycles. The van der Waals surface area contributed by atoms with Crippen molar-refractivity contribution in [3.05, 3.63) is 75.7 Å². The zero-order valence-electron chi connectivity index (χ0n) is 20.0. The van der Waals surface area contributed by atoms with Gasteiger partial charge in [0.2, 0.25) is 5.78 Å². The number of Topliss-reactive ketones (excluding diaryl/α,β-unsaturated/α-hetero) is 1. The first-order chi connectivity index (χ1) is 15.9. The molecule has 0 spiro atoms. The molecule has 33 heavy (non-hydrogen) atoms. The van der Waals surface area contributed by atoms with Crippen LogP contribution in [0, 0.1) is 13.8 Å². The first kappa shape index (κ1) is 21.4. The Morgan fingerprint density at radius 3 is 2.45 bits per heavy atom. The van der Waals surface area contributed by atoms with E-state index >= 15 is 0 Å². The summed E-state index contributed by atoms with van der Waals surface area (Å²) in [6.45, 7) is 11.2. The fourth-order valence-corrected chi connectivity index (χ4v) is 5.23. The van der Waals surface area contributed by atoms with E-state index in [-0.39, 0.29) is 11.5 Å². The summed E-state index contributed by atoms with van der Waals surface area (Å²) in [5.41, 5.74) is 9.54. The van der Waals surface area contributed by atoms with Crippen molar-refractivity contribution in [1.29, 1.82) is 0 Å². The average Bonchev–Trinajstić information content (AvgIpc) is 3.25. The zero-order valence-corrected chi connectivity index (χ0v) is 20.0. The van der Waals surface area contributed by atoms with Crippen LogP contribution in [0.2, 0.25) is 0 Å². The highest BCUT2D eigenvalue weighted by Gasteiger charge is 2.41. The molecule has 0 fully saturated rings. The molecule has 5 rings (SSSR count). The van der Waals surface area contributed by atoms with Gasteiger partial charge in [0, 0.05) is 45.6 Å². The van der Waals surface area contributed by atoms with Gasteiger partial charge in [0.05, 0.1) is 16.8 Å². The first-order valence-corrected chi connectivity index (χ1v) is 11.9. The SMILES string of the molecule is CCCCn1c(C)c(C2=C(O)/C(=C3/C(C)=Nc4ccc(C)cc43)C2=O)c2cc(CC)ccc21. The second-order valence-corrected chi connectivity index (χ2v) is 9.19. The molecule has 168 valence electrons. The minimum atomic E-state index is -0.0917. The normalized spacial score (nSPS) is 17.6. The number of aromatic nitrogens is 1. The lowest BCUT2D eigenvalue weighted by molar-refractivity contribution is -0.111. The molecule has 0 amide bonds. The molecule has 0 unspecified atom stereocenters. The molecule has 2 heterocycles. The van der Waals surface area contributed by atoms with Gasteiger partial charge in [-0.1, -0.05) is 38.0 Å². The fourth-order valence-electron chi connectivity index (χ4n) is 5.23. The number of aliphatic imine (C=N–C) groups is 1. The number of carbonyl (C=O) groups excluding carboxylic acids is 1. The van der Waals surface area contributed by atoms with E-state index in [4.69, 9.17) is 0 Å². The number of ketones is 1. The summed E-state index contributed by atoms with van der Waals surface area (Å²) < 4.78 is 2.30. The van der Waals surface area contributed by atoms with Gasteiger partial charge in [-0.15, -0.1) is 0 Å².